The Labute approximate surface area is 99.5 Å². The normalized spacial score (nSPS) is 12.8. The summed E-state index contributed by atoms with van der Waals surface area (Å²) >= 11 is 0. The van der Waals surface area contributed by atoms with Crippen LogP contribution in [-0.2, 0) is 0 Å². The van der Waals surface area contributed by atoms with Crippen molar-refractivity contribution in [1.82, 2.24) is 15.0 Å². The molecule has 0 aliphatic rings. The van der Waals surface area contributed by atoms with E-state index in [4.69, 9.17) is 0 Å². The van der Waals surface area contributed by atoms with E-state index < -0.39 is 0 Å². The molecular weight excluding hydrogens is 210 g/mol. The Morgan fingerprint density at radius 2 is 1.94 bits per heavy atom. The Balaban J connectivity index is 2.03. The summed E-state index contributed by atoms with van der Waals surface area (Å²) in [6, 6.07) is 12.3. The predicted molar refractivity (Wildman–Crippen MR) is 67.8 cm³/mol. The first-order valence-electron chi connectivity index (χ1n) is 5.69. The van der Waals surface area contributed by atoms with E-state index in [1.807, 2.05) is 36.7 Å². The molecule has 0 bridgehead atoms. The third kappa shape index (κ3) is 1.80. The van der Waals surface area contributed by atoms with Gasteiger partial charge in [-0.15, -0.1) is 0 Å². The number of benzene rings is 1. The molecule has 0 fully saturated rings. The lowest BCUT2D eigenvalue weighted by Gasteiger charge is -2.09. The average Bonchev–Trinajstić information content (AvgIpc) is 2.86. The number of hydrogen-bond acceptors (Lipinski definition) is 2. The van der Waals surface area contributed by atoms with Crippen LogP contribution in [0.4, 0.5) is 0 Å². The van der Waals surface area contributed by atoms with Gasteiger partial charge < -0.3 is 4.98 Å². The van der Waals surface area contributed by atoms with Crippen LogP contribution in [0, 0.1) is 0 Å². The van der Waals surface area contributed by atoms with E-state index in [1.54, 1.807) is 0 Å². The van der Waals surface area contributed by atoms with Crippen molar-refractivity contribution < 1.29 is 0 Å². The van der Waals surface area contributed by atoms with Gasteiger partial charge in [0.05, 0.1) is 17.2 Å². The minimum atomic E-state index is 0.218. The number of rotatable bonds is 2. The number of H-pyrrole nitrogens is 1. The lowest BCUT2D eigenvalue weighted by molar-refractivity contribution is 0.826. The highest BCUT2D eigenvalue weighted by Gasteiger charge is 2.11. The van der Waals surface area contributed by atoms with Crippen molar-refractivity contribution in [2.75, 3.05) is 0 Å². The number of hydrogen-bond donors (Lipinski definition) is 1. The molecule has 2 aromatic heterocycles. The minimum Gasteiger partial charge on any atom is -0.359 e. The molecule has 3 nitrogen and oxygen atoms in total. The van der Waals surface area contributed by atoms with Gasteiger partial charge in [-0.25, -0.2) is 9.97 Å². The predicted octanol–water partition coefficient (Wildman–Crippen LogP) is 3.11. The molecule has 1 aromatic carbocycles. The van der Waals surface area contributed by atoms with Gasteiger partial charge in [-0.2, -0.15) is 0 Å². The molecule has 0 saturated carbocycles. The van der Waals surface area contributed by atoms with Crippen molar-refractivity contribution in [3.05, 3.63) is 60.2 Å². The van der Waals surface area contributed by atoms with Gasteiger partial charge in [0.15, 0.2) is 0 Å². The van der Waals surface area contributed by atoms with Crippen molar-refractivity contribution in [3.63, 3.8) is 0 Å². The van der Waals surface area contributed by atoms with Gasteiger partial charge >= 0.3 is 0 Å². The molecule has 1 unspecified atom stereocenters. The van der Waals surface area contributed by atoms with Gasteiger partial charge in [-0.1, -0.05) is 37.3 Å². The van der Waals surface area contributed by atoms with E-state index in [-0.39, 0.29) is 5.92 Å². The fourth-order valence-electron chi connectivity index (χ4n) is 1.96. The molecule has 17 heavy (non-hydrogen) atoms. The molecule has 0 radical (unpaired) electrons. The van der Waals surface area contributed by atoms with E-state index in [9.17, 15) is 0 Å². The molecule has 0 aliphatic heterocycles. The first kappa shape index (κ1) is 10.0. The van der Waals surface area contributed by atoms with Gasteiger partial charge in [0, 0.05) is 12.1 Å². The van der Waals surface area contributed by atoms with Gasteiger partial charge in [-0.05, 0) is 11.6 Å². The van der Waals surface area contributed by atoms with Crippen LogP contribution in [0.25, 0.3) is 11.0 Å². The Morgan fingerprint density at radius 3 is 2.76 bits per heavy atom. The highest BCUT2D eigenvalue weighted by Crippen LogP contribution is 2.21. The second kappa shape index (κ2) is 4.01. The SMILES string of the molecule is CC(c1ccccc1)c1ncc2[nH]ccc2n1. The number of nitrogens with zero attached hydrogens (tertiary/aromatic N) is 2. The van der Waals surface area contributed by atoms with E-state index in [0.29, 0.717) is 0 Å². The Morgan fingerprint density at radius 1 is 1.12 bits per heavy atom. The zero-order chi connectivity index (χ0) is 11.7. The standard InChI is InChI=1S/C14H13N3/c1-10(11-5-3-2-4-6-11)14-16-9-13-12(17-14)7-8-15-13/h2-10,15H,1H3. The molecule has 0 amide bonds. The summed E-state index contributed by atoms with van der Waals surface area (Å²) in [6.07, 6.45) is 3.73. The maximum absolute atomic E-state index is 4.57. The summed E-state index contributed by atoms with van der Waals surface area (Å²) in [4.78, 5) is 12.1. The highest BCUT2D eigenvalue weighted by molar-refractivity contribution is 5.73. The van der Waals surface area contributed by atoms with Crippen molar-refractivity contribution in [3.8, 4) is 0 Å². The third-order valence-electron chi connectivity index (χ3n) is 3.00. The molecule has 0 saturated heterocycles. The monoisotopic (exact) mass is 223 g/mol. The van der Waals surface area contributed by atoms with Crippen LogP contribution in [0.2, 0.25) is 0 Å². The molecule has 3 rings (SSSR count). The zero-order valence-electron chi connectivity index (χ0n) is 9.59. The minimum absolute atomic E-state index is 0.218. The van der Waals surface area contributed by atoms with Gasteiger partial charge in [0.2, 0.25) is 0 Å². The van der Waals surface area contributed by atoms with Gasteiger partial charge in [-0.3, -0.25) is 0 Å². The molecule has 2 heterocycles. The largest absolute Gasteiger partial charge is 0.359 e. The summed E-state index contributed by atoms with van der Waals surface area (Å²) in [5.41, 5.74) is 3.19. The van der Waals surface area contributed by atoms with Gasteiger partial charge in [0.1, 0.15) is 5.82 Å². The Bertz CT molecular complexity index is 628. The van der Waals surface area contributed by atoms with Crippen LogP contribution < -0.4 is 0 Å². The summed E-state index contributed by atoms with van der Waals surface area (Å²) in [7, 11) is 0. The van der Waals surface area contributed by atoms with E-state index in [2.05, 4.69) is 34.0 Å². The van der Waals surface area contributed by atoms with Crippen LogP contribution in [0.1, 0.15) is 24.2 Å². The van der Waals surface area contributed by atoms with Crippen LogP contribution >= 0.6 is 0 Å². The first-order chi connectivity index (χ1) is 8.34. The molecule has 3 heteroatoms. The van der Waals surface area contributed by atoms with Crippen molar-refractivity contribution in [2.24, 2.45) is 0 Å². The van der Waals surface area contributed by atoms with Crippen LogP contribution in [0.3, 0.4) is 0 Å². The van der Waals surface area contributed by atoms with Gasteiger partial charge in [0.25, 0.3) is 0 Å². The fraction of sp³-hybridized carbons (Fsp3) is 0.143. The van der Waals surface area contributed by atoms with E-state index >= 15 is 0 Å². The number of aromatic nitrogens is 3. The second-order valence-corrected chi connectivity index (χ2v) is 4.14. The Kier molecular flexibility index (Phi) is 2.37. The average molecular weight is 223 g/mol. The fourth-order valence-corrected chi connectivity index (χ4v) is 1.96. The summed E-state index contributed by atoms with van der Waals surface area (Å²) in [5.74, 6) is 1.08. The molecule has 1 N–H and O–H groups in total. The number of nitrogens with one attached hydrogen (secondary N) is 1. The van der Waals surface area contributed by atoms with Crippen LogP contribution in [0.5, 0.6) is 0 Å². The summed E-state index contributed by atoms with van der Waals surface area (Å²) < 4.78 is 0. The molecule has 0 aliphatic carbocycles. The maximum Gasteiger partial charge on any atom is 0.136 e. The smallest absolute Gasteiger partial charge is 0.136 e. The number of fused-ring (bicyclic) bond motifs is 1. The Hall–Kier alpha value is -2.16. The topological polar surface area (TPSA) is 41.6 Å². The molecule has 1 atom stereocenters. The first-order valence-corrected chi connectivity index (χ1v) is 5.69. The molecule has 0 spiro atoms. The summed E-state index contributed by atoms with van der Waals surface area (Å²) in [6.45, 7) is 2.13. The summed E-state index contributed by atoms with van der Waals surface area (Å²) in [5, 5.41) is 0. The van der Waals surface area contributed by atoms with E-state index in [1.165, 1.54) is 5.56 Å². The van der Waals surface area contributed by atoms with Crippen LogP contribution in [0.15, 0.2) is 48.8 Å². The van der Waals surface area contributed by atoms with E-state index in [0.717, 1.165) is 16.9 Å². The van der Waals surface area contributed by atoms with Crippen LogP contribution in [-0.4, -0.2) is 15.0 Å². The second-order valence-electron chi connectivity index (χ2n) is 4.14. The molecular formula is C14H13N3. The maximum atomic E-state index is 4.57. The van der Waals surface area contributed by atoms with Crippen molar-refractivity contribution >= 4 is 11.0 Å². The lowest BCUT2D eigenvalue weighted by Crippen LogP contribution is -2.01. The molecule has 84 valence electrons. The quantitative estimate of drug-likeness (QED) is 0.725. The van der Waals surface area contributed by atoms with Crippen molar-refractivity contribution in [2.45, 2.75) is 12.8 Å². The number of aromatic amines is 1. The van der Waals surface area contributed by atoms with Crippen molar-refractivity contribution in [1.29, 1.82) is 0 Å². The molecule has 3 aromatic rings. The third-order valence-corrected chi connectivity index (χ3v) is 3.00. The lowest BCUT2D eigenvalue weighted by atomic mass is 10.0. The highest BCUT2D eigenvalue weighted by atomic mass is 14.9. The zero-order valence-corrected chi connectivity index (χ0v) is 9.59.